The summed E-state index contributed by atoms with van der Waals surface area (Å²) in [5.41, 5.74) is 4.80. The third kappa shape index (κ3) is 4.50. The summed E-state index contributed by atoms with van der Waals surface area (Å²) in [6.07, 6.45) is 4.65. The highest BCUT2D eigenvalue weighted by atomic mass is 16.2. The number of nitrogens with zero attached hydrogens (tertiary/aromatic N) is 2. The summed E-state index contributed by atoms with van der Waals surface area (Å²) in [6, 6.07) is 16.0. The summed E-state index contributed by atoms with van der Waals surface area (Å²) in [4.78, 5) is 37.5. The minimum absolute atomic E-state index is 0.111. The number of imide groups is 1. The van der Waals surface area contributed by atoms with E-state index in [-0.39, 0.29) is 11.9 Å². The smallest absolute Gasteiger partial charge is 0.275 e. The van der Waals surface area contributed by atoms with Gasteiger partial charge < -0.3 is 0 Å². The molecule has 1 heterocycles. The number of nitrogens with one attached hydrogen (secondary N) is 1. The number of rotatable bonds is 5. The maximum atomic E-state index is 12.8. The second-order valence-electron chi connectivity index (χ2n) is 6.95. The molecule has 148 valence electrons. The first kappa shape index (κ1) is 20.2. The van der Waals surface area contributed by atoms with E-state index in [2.05, 4.69) is 5.43 Å². The van der Waals surface area contributed by atoms with Gasteiger partial charge in [-0.1, -0.05) is 36.4 Å². The van der Waals surface area contributed by atoms with Gasteiger partial charge in [-0.3, -0.25) is 19.0 Å². The third-order valence-corrected chi connectivity index (χ3v) is 4.32. The van der Waals surface area contributed by atoms with Gasteiger partial charge in [0.1, 0.15) is 0 Å². The fraction of sp³-hybridized carbons (Fsp3) is 0.174. The van der Waals surface area contributed by atoms with E-state index >= 15 is 0 Å². The van der Waals surface area contributed by atoms with E-state index in [0.29, 0.717) is 5.56 Å². The summed E-state index contributed by atoms with van der Waals surface area (Å²) < 4.78 is 1.54. The zero-order valence-corrected chi connectivity index (χ0v) is 16.6. The van der Waals surface area contributed by atoms with Crippen LogP contribution < -0.4 is 5.43 Å². The minimum Gasteiger partial charge on any atom is -0.287 e. The molecule has 29 heavy (non-hydrogen) atoms. The third-order valence-electron chi connectivity index (χ3n) is 4.32. The minimum atomic E-state index is -0.493. The molecule has 2 aromatic carbocycles. The first-order valence-corrected chi connectivity index (χ1v) is 9.37. The molecule has 3 aromatic rings. The predicted octanol–water partition coefficient (Wildman–Crippen LogP) is 3.90. The fourth-order valence-electron chi connectivity index (χ4n) is 3.03. The van der Waals surface area contributed by atoms with Crippen LogP contribution in [0.25, 0.3) is 17.0 Å². The zero-order valence-electron chi connectivity index (χ0n) is 16.6. The van der Waals surface area contributed by atoms with E-state index in [9.17, 15) is 14.4 Å². The van der Waals surface area contributed by atoms with E-state index < -0.39 is 11.8 Å². The van der Waals surface area contributed by atoms with Crippen LogP contribution in [-0.2, 0) is 4.79 Å². The molecule has 0 radical (unpaired) electrons. The largest absolute Gasteiger partial charge is 0.287 e. The van der Waals surface area contributed by atoms with Gasteiger partial charge in [0.15, 0.2) is 0 Å². The van der Waals surface area contributed by atoms with Crippen molar-refractivity contribution < 1.29 is 14.4 Å². The van der Waals surface area contributed by atoms with Crippen LogP contribution in [0.4, 0.5) is 0 Å². The molecule has 0 fully saturated rings. The molecule has 0 unspecified atom stereocenters. The summed E-state index contributed by atoms with van der Waals surface area (Å²) in [5.74, 6) is -1.04. The average Bonchev–Trinajstić information content (AvgIpc) is 3.09. The Morgan fingerprint density at radius 1 is 1.00 bits per heavy atom. The summed E-state index contributed by atoms with van der Waals surface area (Å²) >= 11 is 0. The van der Waals surface area contributed by atoms with Gasteiger partial charge in [-0.2, -0.15) is 0 Å². The van der Waals surface area contributed by atoms with E-state index in [4.69, 9.17) is 0 Å². The zero-order chi connectivity index (χ0) is 21.0. The quantitative estimate of drug-likeness (QED) is 0.531. The van der Waals surface area contributed by atoms with Crippen LogP contribution in [-0.4, -0.2) is 33.3 Å². The number of aromatic nitrogens is 1. The molecule has 0 aliphatic carbocycles. The lowest BCUT2D eigenvalue weighted by Gasteiger charge is -2.22. The van der Waals surface area contributed by atoms with Crippen LogP contribution in [0.2, 0.25) is 0 Å². The Labute approximate surface area is 169 Å². The van der Waals surface area contributed by atoms with Crippen molar-refractivity contribution in [1.29, 1.82) is 0 Å². The lowest BCUT2D eigenvalue weighted by Crippen LogP contribution is -2.49. The number of benzene rings is 2. The molecule has 0 saturated heterocycles. The fourth-order valence-corrected chi connectivity index (χ4v) is 3.03. The Bertz CT molecular complexity index is 1080. The van der Waals surface area contributed by atoms with Crippen LogP contribution in [0.3, 0.4) is 0 Å². The van der Waals surface area contributed by atoms with Gasteiger partial charge >= 0.3 is 0 Å². The highest BCUT2D eigenvalue weighted by Gasteiger charge is 2.22. The molecule has 6 heteroatoms. The number of hydrogen-bond donors (Lipinski definition) is 1. The van der Waals surface area contributed by atoms with Gasteiger partial charge in [0, 0.05) is 41.8 Å². The van der Waals surface area contributed by atoms with Gasteiger partial charge in [-0.25, -0.2) is 10.4 Å². The number of hydrogen-bond acceptors (Lipinski definition) is 4. The molecule has 0 atom stereocenters. The van der Waals surface area contributed by atoms with Crippen LogP contribution in [0.15, 0.2) is 66.9 Å². The Kier molecular flexibility index (Phi) is 6.04. The summed E-state index contributed by atoms with van der Waals surface area (Å²) in [5, 5.41) is 1.87. The normalized spacial score (nSPS) is 11.3. The van der Waals surface area contributed by atoms with Crippen molar-refractivity contribution in [3.63, 3.8) is 0 Å². The van der Waals surface area contributed by atoms with E-state index in [1.54, 1.807) is 41.1 Å². The van der Waals surface area contributed by atoms with Gasteiger partial charge in [0.05, 0.1) is 5.52 Å². The van der Waals surface area contributed by atoms with Gasteiger partial charge in [-0.05, 0) is 38.1 Å². The Balaban J connectivity index is 1.92. The second-order valence-corrected chi connectivity index (χ2v) is 6.95. The van der Waals surface area contributed by atoms with Crippen LogP contribution in [0.1, 0.15) is 41.5 Å². The van der Waals surface area contributed by atoms with E-state index in [0.717, 1.165) is 21.5 Å². The number of carbonyl (C=O) groups is 3. The van der Waals surface area contributed by atoms with E-state index in [1.165, 1.54) is 13.0 Å². The van der Waals surface area contributed by atoms with E-state index in [1.807, 2.05) is 44.2 Å². The van der Waals surface area contributed by atoms with Gasteiger partial charge in [0.2, 0.25) is 5.91 Å². The lowest BCUT2D eigenvalue weighted by atomic mass is 10.1. The molecule has 3 rings (SSSR count). The first-order valence-electron chi connectivity index (χ1n) is 9.37. The van der Waals surface area contributed by atoms with Crippen molar-refractivity contribution in [2.75, 3.05) is 0 Å². The van der Waals surface area contributed by atoms with Crippen LogP contribution >= 0.6 is 0 Å². The van der Waals surface area contributed by atoms with Gasteiger partial charge in [0.25, 0.3) is 11.8 Å². The maximum absolute atomic E-state index is 12.8. The molecule has 1 N–H and O–H groups in total. The topological polar surface area (TPSA) is 71.4 Å². The molecule has 0 aliphatic rings. The van der Waals surface area contributed by atoms with Crippen molar-refractivity contribution in [3.8, 4) is 0 Å². The standard InChI is InChI=1S/C23H23N3O3/c1-16(2)24-26(23(29)18-9-5-4-6-10-18)22(28)14-13-19-15-25(17(3)27)21-12-8-7-11-20(19)21/h4-16,24H,1-3H3. The van der Waals surface area contributed by atoms with Crippen LogP contribution in [0.5, 0.6) is 0 Å². The molecule has 6 nitrogen and oxygen atoms in total. The van der Waals surface area contributed by atoms with Gasteiger partial charge in [-0.15, -0.1) is 0 Å². The SMILES string of the molecule is CC(=O)n1cc(C=CC(=O)N(NC(C)C)C(=O)c2ccccc2)c2ccccc21. The Morgan fingerprint density at radius 2 is 1.66 bits per heavy atom. The molecule has 0 saturated carbocycles. The van der Waals surface area contributed by atoms with Crippen molar-refractivity contribution in [2.24, 2.45) is 0 Å². The number of carbonyl (C=O) groups excluding carboxylic acids is 3. The number of fused-ring (bicyclic) bond motifs is 1. The molecular weight excluding hydrogens is 366 g/mol. The van der Waals surface area contributed by atoms with Crippen molar-refractivity contribution in [2.45, 2.75) is 26.8 Å². The molecule has 0 aliphatic heterocycles. The maximum Gasteiger partial charge on any atom is 0.275 e. The Morgan fingerprint density at radius 3 is 2.31 bits per heavy atom. The molecule has 2 amide bonds. The molecule has 1 aromatic heterocycles. The first-order chi connectivity index (χ1) is 13.9. The number of amides is 2. The summed E-state index contributed by atoms with van der Waals surface area (Å²) in [6.45, 7) is 5.18. The summed E-state index contributed by atoms with van der Waals surface area (Å²) in [7, 11) is 0. The van der Waals surface area contributed by atoms with Crippen molar-refractivity contribution >= 4 is 34.7 Å². The average molecular weight is 389 g/mol. The monoisotopic (exact) mass is 389 g/mol. The van der Waals surface area contributed by atoms with Crippen molar-refractivity contribution in [1.82, 2.24) is 15.0 Å². The lowest BCUT2D eigenvalue weighted by molar-refractivity contribution is -0.126. The Hall–Kier alpha value is -3.51. The van der Waals surface area contributed by atoms with Crippen molar-refractivity contribution in [3.05, 3.63) is 78.0 Å². The molecule has 0 bridgehead atoms. The molecule has 0 spiro atoms. The predicted molar refractivity (Wildman–Crippen MR) is 113 cm³/mol. The molecular formula is C23H23N3O3. The number of para-hydroxylation sites is 1. The highest BCUT2D eigenvalue weighted by Crippen LogP contribution is 2.22. The van der Waals surface area contributed by atoms with Crippen LogP contribution in [0, 0.1) is 0 Å². The second kappa shape index (κ2) is 8.67. The highest BCUT2D eigenvalue weighted by molar-refractivity contribution is 6.09. The number of hydrazine groups is 1.